The van der Waals surface area contributed by atoms with Crippen molar-refractivity contribution in [2.75, 3.05) is 5.32 Å². The van der Waals surface area contributed by atoms with Crippen molar-refractivity contribution in [1.29, 1.82) is 0 Å². The molecule has 1 N–H and O–H groups in total. The first kappa shape index (κ1) is 14.1. The van der Waals surface area contributed by atoms with Gasteiger partial charge >= 0.3 is 0 Å². The van der Waals surface area contributed by atoms with E-state index in [9.17, 15) is 4.39 Å². The summed E-state index contributed by atoms with van der Waals surface area (Å²) < 4.78 is 14.6. The van der Waals surface area contributed by atoms with Gasteiger partial charge in [0.1, 0.15) is 5.82 Å². The van der Waals surface area contributed by atoms with Crippen LogP contribution in [0.1, 0.15) is 5.56 Å². The Hall–Kier alpha value is -0.330. The van der Waals surface area contributed by atoms with E-state index in [1.54, 1.807) is 12.1 Å². The van der Waals surface area contributed by atoms with Gasteiger partial charge in [-0.05, 0) is 74.4 Å². The number of nitrogens with one attached hydrogen (secondary N) is 1. The molecule has 0 aliphatic carbocycles. The highest BCUT2D eigenvalue weighted by Crippen LogP contribution is 2.25. The third-order valence-electron chi connectivity index (χ3n) is 2.40. The molecule has 0 bridgehead atoms. The van der Waals surface area contributed by atoms with E-state index in [1.165, 1.54) is 6.07 Å². The van der Waals surface area contributed by atoms with Crippen molar-refractivity contribution < 1.29 is 4.39 Å². The summed E-state index contributed by atoms with van der Waals surface area (Å²) in [6.45, 7) is 0.596. The highest BCUT2D eigenvalue weighted by Gasteiger charge is 2.03. The van der Waals surface area contributed by atoms with Gasteiger partial charge in [0.2, 0.25) is 0 Å². The van der Waals surface area contributed by atoms with Gasteiger partial charge in [0.15, 0.2) is 0 Å². The summed E-state index contributed by atoms with van der Waals surface area (Å²) >= 11 is 11.5. The molecule has 2 rings (SSSR count). The number of anilines is 1. The Balaban J connectivity index is 2.09. The van der Waals surface area contributed by atoms with Crippen LogP contribution < -0.4 is 5.32 Å². The Labute approximate surface area is 132 Å². The van der Waals surface area contributed by atoms with Crippen LogP contribution >= 0.6 is 50.1 Å². The fourth-order valence-corrected chi connectivity index (χ4v) is 2.83. The van der Waals surface area contributed by atoms with Crippen LogP contribution in [0.4, 0.5) is 10.1 Å². The van der Waals surface area contributed by atoms with Crippen LogP contribution in [0.2, 0.25) is 5.02 Å². The number of rotatable bonds is 3. The lowest BCUT2D eigenvalue weighted by Gasteiger charge is -2.09. The van der Waals surface area contributed by atoms with E-state index < -0.39 is 0 Å². The van der Waals surface area contributed by atoms with Crippen LogP contribution in [0.15, 0.2) is 40.9 Å². The maximum Gasteiger partial charge on any atom is 0.137 e. The van der Waals surface area contributed by atoms with E-state index >= 15 is 0 Å². The van der Waals surface area contributed by atoms with Crippen LogP contribution in [-0.4, -0.2) is 0 Å². The molecular formula is C13H9BrClFIN. The first-order valence-electron chi connectivity index (χ1n) is 5.19. The molecule has 1 nitrogen and oxygen atoms in total. The molecule has 2 aromatic rings. The number of halogens is 4. The average molecular weight is 440 g/mol. The van der Waals surface area contributed by atoms with Crippen molar-refractivity contribution in [2.45, 2.75) is 6.54 Å². The molecule has 0 saturated carbocycles. The lowest BCUT2D eigenvalue weighted by Crippen LogP contribution is -2.00. The van der Waals surface area contributed by atoms with Gasteiger partial charge in [-0.15, -0.1) is 0 Å². The third kappa shape index (κ3) is 3.59. The van der Waals surface area contributed by atoms with E-state index in [1.807, 2.05) is 18.2 Å². The predicted molar refractivity (Wildman–Crippen MR) is 85.6 cm³/mol. The first-order valence-corrected chi connectivity index (χ1v) is 7.44. The number of benzene rings is 2. The smallest absolute Gasteiger partial charge is 0.137 e. The second-order valence-corrected chi connectivity index (χ2v) is 6.23. The van der Waals surface area contributed by atoms with Crippen molar-refractivity contribution >= 4 is 55.8 Å². The molecule has 18 heavy (non-hydrogen) atoms. The topological polar surface area (TPSA) is 12.0 Å². The van der Waals surface area contributed by atoms with Crippen LogP contribution in [0, 0.1) is 9.39 Å². The Morgan fingerprint density at radius 2 is 2.00 bits per heavy atom. The second kappa shape index (κ2) is 6.21. The molecule has 0 aliphatic rings. The minimum Gasteiger partial charge on any atom is -0.380 e. The SMILES string of the molecule is Fc1ccc(CNc2ccc(I)cc2Cl)cc1Br. The molecule has 2 aromatic carbocycles. The van der Waals surface area contributed by atoms with Crippen molar-refractivity contribution in [1.82, 2.24) is 0 Å². The molecule has 0 spiro atoms. The molecule has 0 atom stereocenters. The van der Waals surface area contributed by atoms with E-state index in [0.29, 0.717) is 16.0 Å². The third-order valence-corrected chi connectivity index (χ3v) is 3.99. The van der Waals surface area contributed by atoms with Gasteiger partial charge in [0, 0.05) is 10.1 Å². The van der Waals surface area contributed by atoms with Crippen LogP contribution in [0.3, 0.4) is 0 Å². The predicted octanol–water partition coefficient (Wildman–Crippen LogP) is 5.46. The molecule has 0 heterocycles. The van der Waals surface area contributed by atoms with Crippen molar-refractivity contribution in [3.05, 3.63) is 60.8 Å². The Bertz CT molecular complexity index is 577. The largest absolute Gasteiger partial charge is 0.380 e. The van der Waals surface area contributed by atoms with Gasteiger partial charge in [0.25, 0.3) is 0 Å². The summed E-state index contributed by atoms with van der Waals surface area (Å²) in [5, 5.41) is 3.91. The molecular weight excluding hydrogens is 431 g/mol. The van der Waals surface area contributed by atoms with Gasteiger partial charge in [-0.25, -0.2) is 4.39 Å². The normalized spacial score (nSPS) is 10.4. The zero-order valence-corrected chi connectivity index (χ0v) is 13.7. The lowest BCUT2D eigenvalue weighted by atomic mass is 10.2. The van der Waals surface area contributed by atoms with Crippen LogP contribution in [0.5, 0.6) is 0 Å². The van der Waals surface area contributed by atoms with Gasteiger partial charge in [0.05, 0.1) is 15.2 Å². The molecule has 0 aliphatic heterocycles. The minimum atomic E-state index is -0.258. The molecule has 0 unspecified atom stereocenters. The van der Waals surface area contributed by atoms with Crippen molar-refractivity contribution in [2.24, 2.45) is 0 Å². The van der Waals surface area contributed by atoms with Crippen LogP contribution in [0.25, 0.3) is 0 Å². The Kier molecular flexibility index (Phi) is 4.86. The maximum atomic E-state index is 13.1. The molecule has 0 fully saturated rings. The van der Waals surface area contributed by atoms with E-state index in [0.717, 1.165) is 14.8 Å². The fraction of sp³-hybridized carbons (Fsp3) is 0.0769. The van der Waals surface area contributed by atoms with E-state index in [-0.39, 0.29) is 5.82 Å². The van der Waals surface area contributed by atoms with Crippen LogP contribution in [-0.2, 0) is 6.54 Å². The molecule has 94 valence electrons. The van der Waals surface area contributed by atoms with Crippen molar-refractivity contribution in [3.63, 3.8) is 0 Å². The molecule has 0 radical (unpaired) electrons. The fourth-order valence-electron chi connectivity index (χ4n) is 1.48. The molecule has 5 heteroatoms. The van der Waals surface area contributed by atoms with Gasteiger partial charge in [-0.1, -0.05) is 17.7 Å². The highest BCUT2D eigenvalue weighted by atomic mass is 127. The minimum absolute atomic E-state index is 0.258. The average Bonchev–Trinajstić information content (AvgIpc) is 2.32. The monoisotopic (exact) mass is 439 g/mol. The maximum absolute atomic E-state index is 13.1. The summed E-state index contributed by atoms with van der Waals surface area (Å²) in [6.07, 6.45) is 0. The van der Waals surface area contributed by atoms with Gasteiger partial charge in [-0.2, -0.15) is 0 Å². The lowest BCUT2D eigenvalue weighted by molar-refractivity contribution is 0.620. The Morgan fingerprint density at radius 3 is 2.67 bits per heavy atom. The molecule has 0 aromatic heterocycles. The summed E-state index contributed by atoms with van der Waals surface area (Å²) in [6, 6.07) is 10.7. The highest BCUT2D eigenvalue weighted by molar-refractivity contribution is 14.1. The molecule has 0 saturated heterocycles. The standard InChI is InChI=1S/C13H9BrClFIN/c14-10-5-8(1-3-12(10)16)7-18-13-4-2-9(17)6-11(13)15/h1-6,18H,7H2. The number of hydrogen-bond acceptors (Lipinski definition) is 1. The quantitative estimate of drug-likeness (QED) is 0.625. The zero-order chi connectivity index (χ0) is 13.1. The molecule has 0 amide bonds. The summed E-state index contributed by atoms with van der Waals surface area (Å²) in [4.78, 5) is 0. The number of hydrogen-bond donors (Lipinski definition) is 1. The Morgan fingerprint density at radius 1 is 1.22 bits per heavy atom. The van der Waals surface area contributed by atoms with E-state index in [2.05, 4.69) is 43.8 Å². The zero-order valence-electron chi connectivity index (χ0n) is 9.18. The summed E-state index contributed by atoms with van der Waals surface area (Å²) in [7, 11) is 0. The van der Waals surface area contributed by atoms with Crippen molar-refractivity contribution in [3.8, 4) is 0 Å². The second-order valence-electron chi connectivity index (χ2n) is 3.73. The summed E-state index contributed by atoms with van der Waals surface area (Å²) in [5.74, 6) is -0.258. The van der Waals surface area contributed by atoms with E-state index in [4.69, 9.17) is 11.6 Å². The van der Waals surface area contributed by atoms with Gasteiger partial charge in [-0.3, -0.25) is 0 Å². The van der Waals surface area contributed by atoms with Gasteiger partial charge < -0.3 is 5.32 Å². The first-order chi connectivity index (χ1) is 8.56. The summed E-state index contributed by atoms with van der Waals surface area (Å²) in [5.41, 5.74) is 1.86.